The SMILES string of the molecule is COc1ccc(C(=O)NN2C(=O)/C(=C/c3ccc(SCCO)c([N+](=O)[O-])c3)SC2=S)cc1. The van der Waals surface area contributed by atoms with Crippen LogP contribution in [0.5, 0.6) is 5.75 Å². The predicted molar refractivity (Wildman–Crippen MR) is 126 cm³/mol. The fourth-order valence-corrected chi connectivity index (χ4v) is 4.60. The van der Waals surface area contributed by atoms with Crippen molar-refractivity contribution in [3.8, 4) is 5.75 Å². The Labute approximate surface area is 196 Å². The number of nitro benzene ring substituents is 1. The van der Waals surface area contributed by atoms with Gasteiger partial charge in [-0.15, -0.1) is 11.8 Å². The van der Waals surface area contributed by atoms with Crippen LogP contribution in [-0.2, 0) is 4.79 Å². The molecule has 0 unspecified atom stereocenters. The fraction of sp³-hybridized carbons (Fsp3) is 0.150. The van der Waals surface area contributed by atoms with E-state index < -0.39 is 16.7 Å². The Kier molecular flexibility index (Phi) is 7.85. The number of carbonyl (C=O) groups excluding carboxylic acids is 2. The molecular formula is C20H17N3O6S3. The number of nitro groups is 1. The minimum absolute atomic E-state index is 0.103. The number of amides is 2. The van der Waals surface area contributed by atoms with Crippen LogP contribution in [0.1, 0.15) is 15.9 Å². The number of aliphatic hydroxyl groups excluding tert-OH is 1. The molecule has 0 spiro atoms. The molecule has 1 saturated heterocycles. The number of hydrogen-bond donors (Lipinski definition) is 2. The van der Waals surface area contributed by atoms with Crippen molar-refractivity contribution in [1.82, 2.24) is 10.4 Å². The molecule has 0 aromatic heterocycles. The van der Waals surface area contributed by atoms with Crippen LogP contribution in [0.3, 0.4) is 0 Å². The molecule has 0 bridgehead atoms. The average Bonchev–Trinajstić information content (AvgIpc) is 3.05. The van der Waals surface area contributed by atoms with Crippen LogP contribution < -0.4 is 10.2 Å². The molecule has 0 aliphatic carbocycles. The quantitative estimate of drug-likeness (QED) is 0.188. The minimum atomic E-state index is -0.539. The van der Waals surface area contributed by atoms with Gasteiger partial charge >= 0.3 is 0 Å². The van der Waals surface area contributed by atoms with E-state index in [0.717, 1.165) is 16.8 Å². The van der Waals surface area contributed by atoms with Gasteiger partial charge in [-0.3, -0.25) is 25.1 Å². The van der Waals surface area contributed by atoms with Gasteiger partial charge in [-0.05, 0) is 54.2 Å². The molecule has 2 N–H and O–H groups in total. The lowest BCUT2D eigenvalue weighted by molar-refractivity contribution is -0.387. The van der Waals surface area contributed by atoms with E-state index in [4.69, 9.17) is 22.1 Å². The third kappa shape index (κ3) is 5.46. The molecule has 2 amide bonds. The van der Waals surface area contributed by atoms with E-state index in [1.807, 2.05) is 0 Å². The van der Waals surface area contributed by atoms with Crippen molar-refractivity contribution in [1.29, 1.82) is 0 Å². The van der Waals surface area contributed by atoms with Crippen molar-refractivity contribution in [3.63, 3.8) is 0 Å². The average molecular weight is 492 g/mol. The van der Waals surface area contributed by atoms with Gasteiger partial charge < -0.3 is 9.84 Å². The lowest BCUT2D eigenvalue weighted by Crippen LogP contribution is -2.44. The summed E-state index contributed by atoms with van der Waals surface area (Å²) in [6.07, 6.45) is 1.48. The molecule has 1 aliphatic heterocycles. The standard InChI is InChI=1S/C20H17N3O6S3/c1-29-14-5-3-13(4-6-14)18(25)21-22-19(26)17(32-20(22)30)11-12-2-7-16(31-9-8-24)15(10-12)23(27)28/h2-7,10-11,24H,8-9H2,1H3,(H,21,25)/b17-11-. The summed E-state index contributed by atoms with van der Waals surface area (Å²) in [4.78, 5) is 36.7. The highest BCUT2D eigenvalue weighted by Gasteiger charge is 2.34. The minimum Gasteiger partial charge on any atom is -0.497 e. The van der Waals surface area contributed by atoms with Gasteiger partial charge in [0.05, 0.1) is 28.4 Å². The molecule has 0 saturated carbocycles. The van der Waals surface area contributed by atoms with Gasteiger partial charge in [-0.1, -0.05) is 17.8 Å². The van der Waals surface area contributed by atoms with Gasteiger partial charge in [-0.2, -0.15) is 5.01 Å². The molecule has 9 nitrogen and oxygen atoms in total. The van der Waals surface area contributed by atoms with E-state index in [-0.39, 0.29) is 21.5 Å². The van der Waals surface area contributed by atoms with Crippen LogP contribution >= 0.6 is 35.7 Å². The Hall–Kier alpha value is -2.93. The number of methoxy groups -OCH3 is 1. The summed E-state index contributed by atoms with van der Waals surface area (Å²) < 4.78 is 5.19. The molecule has 0 radical (unpaired) electrons. The summed E-state index contributed by atoms with van der Waals surface area (Å²) in [5.74, 6) is -0.147. The van der Waals surface area contributed by atoms with E-state index in [2.05, 4.69) is 5.43 Å². The Bertz CT molecular complexity index is 1100. The summed E-state index contributed by atoms with van der Waals surface area (Å²) in [6.45, 7) is -0.103. The number of thioether (sulfide) groups is 2. The van der Waals surface area contributed by atoms with E-state index in [0.29, 0.717) is 27.5 Å². The maximum absolute atomic E-state index is 12.8. The second-order valence-corrected chi connectivity index (χ2v) is 9.06. The maximum atomic E-state index is 12.8. The number of hydrogen-bond acceptors (Lipinski definition) is 9. The first-order chi connectivity index (χ1) is 15.3. The van der Waals surface area contributed by atoms with Crippen LogP contribution in [0.25, 0.3) is 6.08 Å². The molecule has 1 fully saturated rings. The zero-order valence-corrected chi connectivity index (χ0v) is 19.1. The van der Waals surface area contributed by atoms with Gasteiger partial charge in [0.1, 0.15) is 5.75 Å². The first-order valence-electron chi connectivity index (χ1n) is 9.09. The number of nitrogens with one attached hydrogen (secondary N) is 1. The number of benzene rings is 2. The monoisotopic (exact) mass is 491 g/mol. The molecule has 1 aliphatic rings. The van der Waals surface area contributed by atoms with Crippen LogP contribution in [-0.4, -0.2) is 50.6 Å². The van der Waals surface area contributed by atoms with E-state index in [9.17, 15) is 19.7 Å². The van der Waals surface area contributed by atoms with Gasteiger partial charge in [0, 0.05) is 17.4 Å². The fourth-order valence-electron chi connectivity index (χ4n) is 2.67. The third-order valence-electron chi connectivity index (χ3n) is 4.19. The normalized spacial score (nSPS) is 14.7. The second-order valence-electron chi connectivity index (χ2n) is 6.24. The van der Waals surface area contributed by atoms with Crippen molar-refractivity contribution in [2.75, 3.05) is 19.5 Å². The Morgan fingerprint density at radius 1 is 1.34 bits per heavy atom. The molecule has 2 aromatic rings. The van der Waals surface area contributed by atoms with Gasteiger partial charge in [-0.25, -0.2) is 0 Å². The number of aliphatic hydroxyl groups is 1. The third-order valence-corrected chi connectivity index (χ3v) is 6.53. The van der Waals surface area contributed by atoms with Crippen molar-refractivity contribution in [2.45, 2.75) is 4.90 Å². The lowest BCUT2D eigenvalue weighted by atomic mass is 10.2. The maximum Gasteiger partial charge on any atom is 0.285 e. The molecule has 1 heterocycles. The van der Waals surface area contributed by atoms with Crippen molar-refractivity contribution < 1.29 is 24.4 Å². The molecule has 166 valence electrons. The predicted octanol–water partition coefficient (Wildman–Crippen LogP) is 3.23. The van der Waals surface area contributed by atoms with Crippen LogP contribution in [0.4, 0.5) is 5.69 Å². The first kappa shape index (κ1) is 23.7. The highest BCUT2D eigenvalue weighted by molar-refractivity contribution is 8.26. The van der Waals surface area contributed by atoms with E-state index >= 15 is 0 Å². The topological polar surface area (TPSA) is 122 Å². The van der Waals surface area contributed by atoms with Crippen LogP contribution in [0, 0.1) is 10.1 Å². The van der Waals surface area contributed by atoms with Crippen molar-refractivity contribution in [2.24, 2.45) is 0 Å². The Morgan fingerprint density at radius 3 is 2.69 bits per heavy atom. The largest absolute Gasteiger partial charge is 0.497 e. The number of rotatable bonds is 8. The Morgan fingerprint density at radius 2 is 2.06 bits per heavy atom. The number of carbonyl (C=O) groups is 2. The van der Waals surface area contributed by atoms with Gasteiger partial charge in [0.15, 0.2) is 4.32 Å². The van der Waals surface area contributed by atoms with E-state index in [1.54, 1.807) is 36.4 Å². The zero-order valence-electron chi connectivity index (χ0n) is 16.6. The zero-order chi connectivity index (χ0) is 23.3. The van der Waals surface area contributed by atoms with Crippen molar-refractivity contribution in [3.05, 3.63) is 68.6 Å². The molecule has 32 heavy (non-hydrogen) atoms. The summed E-state index contributed by atoms with van der Waals surface area (Å²) in [5, 5.41) is 21.3. The summed E-state index contributed by atoms with van der Waals surface area (Å²) in [6, 6.07) is 10.9. The summed E-state index contributed by atoms with van der Waals surface area (Å²) in [5.41, 5.74) is 3.10. The smallest absolute Gasteiger partial charge is 0.285 e. The first-order valence-corrected chi connectivity index (χ1v) is 11.3. The molecule has 0 atom stereocenters. The highest BCUT2D eigenvalue weighted by atomic mass is 32.2. The van der Waals surface area contributed by atoms with Crippen LogP contribution in [0.15, 0.2) is 52.3 Å². The molecule has 3 rings (SSSR count). The van der Waals surface area contributed by atoms with Crippen LogP contribution in [0.2, 0.25) is 0 Å². The van der Waals surface area contributed by atoms with E-state index in [1.165, 1.54) is 31.0 Å². The number of thiocarbonyl (C=S) groups is 1. The second kappa shape index (κ2) is 10.6. The number of nitrogens with zero attached hydrogens (tertiary/aromatic N) is 2. The lowest BCUT2D eigenvalue weighted by Gasteiger charge is -2.15. The van der Waals surface area contributed by atoms with Gasteiger partial charge in [0.25, 0.3) is 17.5 Å². The molecular weight excluding hydrogens is 474 g/mol. The van der Waals surface area contributed by atoms with Gasteiger partial charge in [0.2, 0.25) is 0 Å². The highest BCUT2D eigenvalue weighted by Crippen LogP contribution is 2.34. The number of ether oxygens (including phenoxy) is 1. The van der Waals surface area contributed by atoms with Crippen molar-refractivity contribution >= 4 is 63.6 Å². The summed E-state index contributed by atoms with van der Waals surface area (Å²) in [7, 11) is 1.51. The molecule has 2 aromatic carbocycles. The molecule has 12 heteroatoms. The summed E-state index contributed by atoms with van der Waals surface area (Å²) >= 11 is 7.36. The Balaban J connectivity index is 1.78. The number of hydrazine groups is 1.